The van der Waals surface area contributed by atoms with E-state index in [9.17, 15) is 4.79 Å². The molecule has 4 atom stereocenters. The summed E-state index contributed by atoms with van der Waals surface area (Å²) in [6.07, 6.45) is 0.114. The Bertz CT molecular complexity index is 702. The van der Waals surface area contributed by atoms with Crippen LogP contribution in [-0.4, -0.2) is 48.6 Å². The predicted octanol–water partition coefficient (Wildman–Crippen LogP) is 3.90. The van der Waals surface area contributed by atoms with Crippen molar-refractivity contribution in [3.63, 3.8) is 0 Å². The number of carbonyl (C=O) groups excluding carboxylic acids is 1. The number of rotatable bonds is 5. The predicted molar refractivity (Wildman–Crippen MR) is 106 cm³/mol. The third kappa shape index (κ3) is 5.58. The van der Waals surface area contributed by atoms with E-state index in [1.807, 2.05) is 69.5 Å². The van der Waals surface area contributed by atoms with Gasteiger partial charge in [-0.3, -0.25) is 4.79 Å². The lowest BCUT2D eigenvalue weighted by molar-refractivity contribution is -0.323. The van der Waals surface area contributed by atoms with Crippen LogP contribution in [0.4, 0.5) is 0 Å². The van der Waals surface area contributed by atoms with E-state index in [1.165, 1.54) is 6.92 Å². The second-order valence-electron chi connectivity index (χ2n) is 7.77. The molecule has 0 N–H and O–H groups in total. The number of ether oxygens (including phenoxy) is 5. The van der Waals surface area contributed by atoms with Gasteiger partial charge in [0.15, 0.2) is 17.7 Å². The first kappa shape index (κ1) is 21.3. The molecule has 0 radical (unpaired) electrons. The summed E-state index contributed by atoms with van der Waals surface area (Å²) in [7, 11) is 0. The van der Waals surface area contributed by atoms with Crippen LogP contribution in [0.1, 0.15) is 34.6 Å². The molecule has 3 rings (SSSR count). The Morgan fingerprint density at radius 3 is 2.43 bits per heavy atom. The van der Waals surface area contributed by atoms with E-state index in [-0.39, 0.29) is 18.7 Å². The maximum Gasteiger partial charge on any atom is 0.303 e. The largest absolute Gasteiger partial charge is 0.457 e. The normalized spacial score (nSPS) is 31.8. The van der Waals surface area contributed by atoms with Gasteiger partial charge in [-0.25, -0.2) is 0 Å². The summed E-state index contributed by atoms with van der Waals surface area (Å²) in [5, 5.41) is 1.99. The van der Waals surface area contributed by atoms with Crippen LogP contribution in [-0.2, 0) is 28.5 Å². The molecule has 0 bridgehead atoms. The molecule has 0 amide bonds. The maximum atomic E-state index is 11.5. The lowest BCUT2D eigenvalue weighted by Gasteiger charge is -2.42. The number of hydrogen-bond acceptors (Lipinski definition) is 7. The molecule has 0 unspecified atom stereocenters. The molecule has 6 nitrogen and oxygen atoms in total. The van der Waals surface area contributed by atoms with Crippen LogP contribution < -0.4 is 0 Å². The molecule has 28 heavy (non-hydrogen) atoms. The zero-order valence-electron chi connectivity index (χ0n) is 16.9. The van der Waals surface area contributed by atoms with Gasteiger partial charge in [-0.1, -0.05) is 30.0 Å². The third-order valence-corrected chi connectivity index (χ3v) is 5.24. The zero-order valence-corrected chi connectivity index (χ0v) is 17.7. The Morgan fingerprint density at radius 2 is 1.75 bits per heavy atom. The van der Waals surface area contributed by atoms with Gasteiger partial charge >= 0.3 is 5.97 Å². The van der Waals surface area contributed by atoms with Gasteiger partial charge in [0.2, 0.25) is 0 Å². The maximum absolute atomic E-state index is 11.5. The van der Waals surface area contributed by atoms with Crippen LogP contribution in [0.2, 0.25) is 0 Å². The fourth-order valence-corrected chi connectivity index (χ4v) is 4.03. The summed E-state index contributed by atoms with van der Waals surface area (Å²) in [5.41, 5.74) is 0. The molecule has 2 aliphatic heterocycles. The van der Waals surface area contributed by atoms with Gasteiger partial charge in [-0.2, -0.15) is 0 Å². The highest BCUT2D eigenvalue weighted by atomic mass is 32.2. The third-order valence-electron chi connectivity index (χ3n) is 4.40. The quantitative estimate of drug-likeness (QED) is 0.541. The van der Waals surface area contributed by atoms with Crippen LogP contribution in [0.5, 0.6) is 0 Å². The summed E-state index contributed by atoms with van der Waals surface area (Å²) < 4.78 is 29.5. The van der Waals surface area contributed by atoms with Crippen molar-refractivity contribution in [1.29, 1.82) is 0 Å². The fourth-order valence-electron chi connectivity index (χ4n) is 3.32. The molecule has 154 valence electrons. The molecule has 2 heterocycles. The molecule has 0 aliphatic carbocycles. The van der Waals surface area contributed by atoms with Gasteiger partial charge in [0.1, 0.15) is 18.3 Å². The zero-order chi connectivity index (χ0) is 20.4. The Morgan fingerprint density at radius 1 is 1.07 bits per heavy atom. The van der Waals surface area contributed by atoms with E-state index < -0.39 is 29.9 Å². The molecule has 1 aromatic carbocycles. The van der Waals surface area contributed by atoms with Crippen molar-refractivity contribution in [3.05, 3.63) is 41.8 Å². The Labute approximate surface area is 170 Å². The van der Waals surface area contributed by atoms with Crippen LogP contribution in [0.25, 0.3) is 0 Å². The topological polar surface area (TPSA) is 63.2 Å². The standard InChI is InChI=1S/C21H28O6S/c1-14(22)24-17-13-23-20(2,3)26-19(17)18-16(25-21(4,5)27-18)11-12-28-15-9-7-6-8-10-15/h6-12,16-19H,13H2,1-5H3/b12-11-/t16-,17-,18-,19-/m1/s1. The highest BCUT2D eigenvalue weighted by molar-refractivity contribution is 8.02. The highest BCUT2D eigenvalue weighted by Gasteiger charge is 2.51. The second-order valence-corrected chi connectivity index (χ2v) is 8.74. The van der Waals surface area contributed by atoms with Crippen molar-refractivity contribution in [1.82, 2.24) is 0 Å². The SMILES string of the molecule is CC(=O)O[C@@H]1COC(C)(C)O[C@H]1[C@@H]1OC(C)(C)O[C@@H]1/C=C\Sc1ccccc1. The van der Waals surface area contributed by atoms with Crippen LogP contribution in [0.3, 0.4) is 0 Å². The smallest absolute Gasteiger partial charge is 0.303 e. The Hall–Kier alpha value is -1.38. The van der Waals surface area contributed by atoms with Crippen molar-refractivity contribution in [3.8, 4) is 0 Å². The summed E-state index contributed by atoms with van der Waals surface area (Å²) in [6.45, 7) is 9.02. The van der Waals surface area contributed by atoms with Crippen molar-refractivity contribution in [2.75, 3.05) is 6.61 Å². The molecule has 0 spiro atoms. The van der Waals surface area contributed by atoms with Gasteiger partial charge in [-0.05, 0) is 51.3 Å². The van der Waals surface area contributed by atoms with E-state index >= 15 is 0 Å². The molecule has 2 fully saturated rings. The minimum absolute atomic E-state index is 0.243. The molecule has 2 saturated heterocycles. The Kier molecular flexibility index (Phi) is 6.51. The molecule has 7 heteroatoms. The van der Waals surface area contributed by atoms with Crippen molar-refractivity contribution < 1.29 is 28.5 Å². The second kappa shape index (κ2) is 8.55. The lowest BCUT2D eigenvalue weighted by atomic mass is 10.0. The van der Waals surface area contributed by atoms with Gasteiger partial charge in [0, 0.05) is 11.8 Å². The monoisotopic (exact) mass is 408 g/mol. The van der Waals surface area contributed by atoms with Crippen LogP contribution in [0.15, 0.2) is 46.7 Å². The lowest BCUT2D eigenvalue weighted by Crippen LogP contribution is -2.56. The van der Waals surface area contributed by atoms with Gasteiger partial charge < -0.3 is 23.7 Å². The van der Waals surface area contributed by atoms with Gasteiger partial charge in [-0.15, -0.1) is 0 Å². The number of hydrogen-bond donors (Lipinski definition) is 0. The number of thioether (sulfide) groups is 1. The van der Waals surface area contributed by atoms with Gasteiger partial charge in [0.25, 0.3) is 0 Å². The average Bonchev–Trinajstić information content (AvgIpc) is 2.91. The van der Waals surface area contributed by atoms with Crippen molar-refractivity contribution in [2.24, 2.45) is 0 Å². The van der Waals surface area contributed by atoms with Crippen LogP contribution in [0, 0.1) is 0 Å². The Balaban J connectivity index is 1.77. The minimum Gasteiger partial charge on any atom is -0.457 e. The summed E-state index contributed by atoms with van der Waals surface area (Å²) in [4.78, 5) is 12.7. The van der Waals surface area contributed by atoms with E-state index in [4.69, 9.17) is 23.7 Å². The first-order valence-corrected chi connectivity index (χ1v) is 10.3. The molecule has 1 aromatic rings. The van der Waals surface area contributed by atoms with E-state index in [0.29, 0.717) is 0 Å². The molecular formula is C21H28O6S. The summed E-state index contributed by atoms with van der Waals surface area (Å²) in [6, 6.07) is 10.1. The molecule has 0 aromatic heterocycles. The number of carbonyl (C=O) groups is 1. The highest BCUT2D eigenvalue weighted by Crippen LogP contribution is 2.37. The first-order chi connectivity index (χ1) is 13.2. The summed E-state index contributed by atoms with van der Waals surface area (Å²) in [5.74, 6) is -1.96. The summed E-state index contributed by atoms with van der Waals surface area (Å²) >= 11 is 1.60. The van der Waals surface area contributed by atoms with E-state index in [1.54, 1.807) is 11.8 Å². The van der Waals surface area contributed by atoms with Gasteiger partial charge in [0.05, 0.1) is 6.61 Å². The molecular weight excluding hydrogens is 380 g/mol. The molecule has 2 aliphatic rings. The van der Waals surface area contributed by atoms with Crippen molar-refractivity contribution in [2.45, 2.75) is 75.5 Å². The van der Waals surface area contributed by atoms with E-state index in [2.05, 4.69) is 0 Å². The first-order valence-electron chi connectivity index (χ1n) is 9.38. The minimum atomic E-state index is -0.801. The van der Waals surface area contributed by atoms with E-state index in [0.717, 1.165) is 4.90 Å². The number of esters is 1. The number of benzene rings is 1. The average molecular weight is 409 g/mol. The fraction of sp³-hybridized carbons (Fsp3) is 0.571. The molecule has 0 saturated carbocycles. The van der Waals surface area contributed by atoms with Crippen LogP contribution >= 0.6 is 11.8 Å². The van der Waals surface area contributed by atoms with Crippen molar-refractivity contribution >= 4 is 17.7 Å².